The highest BCUT2D eigenvalue weighted by Gasteiger charge is 2.30. The Bertz CT molecular complexity index is 1560. The van der Waals surface area contributed by atoms with Crippen molar-refractivity contribution in [3.05, 3.63) is 54.4 Å². The molecule has 3 aromatic heterocycles. The third kappa shape index (κ3) is 6.28. The number of halogens is 3. The molecule has 14 heteroatoms. The van der Waals surface area contributed by atoms with E-state index in [1.807, 2.05) is 0 Å². The second kappa shape index (κ2) is 12.0. The third-order valence-electron chi connectivity index (χ3n) is 6.85. The van der Waals surface area contributed by atoms with Crippen molar-refractivity contribution in [2.24, 2.45) is 0 Å². The molecular formula is C28H29F3N8O3. The number of nitrogens with two attached hydrogens (primary N) is 1. The van der Waals surface area contributed by atoms with Crippen LogP contribution in [0.2, 0.25) is 0 Å². The summed E-state index contributed by atoms with van der Waals surface area (Å²) in [7, 11) is 2.95. The summed E-state index contributed by atoms with van der Waals surface area (Å²) >= 11 is 0. The predicted octanol–water partition coefficient (Wildman–Crippen LogP) is 4.25. The number of methoxy groups -OCH3 is 2. The number of pyridine rings is 1. The summed E-state index contributed by atoms with van der Waals surface area (Å²) in [5.74, 6) is 1.14. The number of hydrogen-bond acceptors (Lipinski definition) is 9. The lowest BCUT2D eigenvalue weighted by molar-refractivity contribution is -0.137. The van der Waals surface area contributed by atoms with Crippen molar-refractivity contribution in [2.45, 2.75) is 25.1 Å². The number of nitrogens with zero attached hydrogens (tertiary/aromatic N) is 5. The standard InChI is InChI=1S/C28H29F3N8O3/c1-41-15-22(40)39-11-3-4-19(14-39)35-27-33-10-9-20(36-27)24-23(17-12-21(42-2)25(32)34-13-17)37-26(38-24)16-5-7-18(8-6-16)28(29,30)31/h5-10,12-13,19H,3-4,11,14-15H2,1-2H3,(H2,32,34)(H,37,38)(H,33,35,36). The van der Waals surface area contributed by atoms with E-state index in [2.05, 4.69) is 25.3 Å². The highest BCUT2D eigenvalue weighted by molar-refractivity contribution is 5.81. The molecule has 1 unspecified atom stereocenters. The second-order valence-electron chi connectivity index (χ2n) is 9.72. The number of rotatable bonds is 8. The number of aromatic amines is 1. The maximum Gasteiger partial charge on any atom is 0.416 e. The molecule has 0 saturated carbocycles. The van der Waals surface area contributed by atoms with Gasteiger partial charge in [-0.2, -0.15) is 13.2 Å². The molecule has 4 heterocycles. The van der Waals surface area contributed by atoms with Gasteiger partial charge in [0.15, 0.2) is 11.6 Å². The van der Waals surface area contributed by atoms with Crippen molar-refractivity contribution in [2.75, 3.05) is 45.0 Å². The number of ether oxygens (including phenoxy) is 2. The molecular weight excluding hydrogens is 553 g/mol. The first kappa shape index (κ1) is 28.8. The Hall–Kier alpha value is -4.72. The SMILES string of the molecule is COCC(=O)N1CCCC(Nc2nccc(-c3nc(-c4ccc(C(F)(F)F)cc4)[nH]c3-c3cnc(N)c(OC)c3)n2)C1. The smallest absolute Gasteiger partial charge is 0.416 e. The number of anilines is 2. The van der Waals surface area contributed by atoms with E-state index >= 15 is 0 Å². The fraction of sp³-hybridized carbons (Fsp3) is 0.321. The first-order chi connectivity index (χ1) is 20.2. The Morgan fingerprint density at radius 1 is 1.14 bits per heavy atom. The number of imidazole rings is 1. The largest absolute Gasteiger partial charge is 0.493 e. The lowest BCUT2D eigenvalue weighted by Crippen LogP contribution is -2.46. The number of H-pyrrole nitrogens is 1. The molecule has 0 spiro atoms. The van der Waals surface area contributed by atoms with Gasteiger partial charge < -0.3 is 30.4 Å². The van der Waals surface area contributed by atoms with Gasteiger partial charge in [-0.15, -0.1) is 0 Å². The van der Waals surface area contributed by atoms with Crippen LogP contribution in [0, 0.1) is 0 Å². The summed E-state index contributed by atoms with van der Waals surface area (Å²) in [5, 5.41) is 3.31. The number of piperidine rings is 1. The third-order valence-corrected chi connectivity index (χ3v) is 6.85. The summed E-state index contributed by atoms with van der Waals surface area (Å²) < 4.78 is 49.7. The number of carbonyl (C=O) groups excluding carboxylic acids is 1. The number of likely N-dealkylation sites (tertiary alicyclic amines) is 1. The van der Waals surface area contributed by atoms with Crippen LogP contribution in [0.4, 0.5) is 24.9 Å². The number of carbonyl (C=O) groups is 1. The van der Waals surface area contributed by atoms with Crippen molar-refractivity contribution in [1.29, 1.82) is 0 Å². The minimum atomic E-state index is -4.46. The Labute approximate surface area is 239 Å². The highest BCUT2D eigenvalue weighted by Crippen LogP contribution is 2.36. The maximum atomic E-state index is 13.1. The van der Waals surface area contributed by atoms with Crippen LogP contribution >= 0.6 is 0 Å². The van der Waals surface area contributed by atoms with E-state index in [1.165, 1.54) is 26.4 Å². The van der Waals surface area contributed by atoms with Crippen molar-refractivity contribution < 1.29 is 27.4 Å². The van der Waals surface area contributed by atoms with Gasteiger partial charge in [-0.1, -0.05) is 12.1 Å². The predicted molar refractivity (Wildman–Crippen MR) is 149 cm³/mol. The van der Waals surface area contributed by atoms with Gasteiger partial charge in [0.1, 0.15) is 18.1 Å². The van der Waals surface area contributed by atoms with Gasteiger partial charge in [-0.05, 0) is 37.1 Å². The number of nitrogen functional groups attached to an aromatic ring is 1. The van der Waals surface area contributed by atoms with E-state index in [0.29, 0.717) is 58.8 Å². The van der Waals surface area contributed by atoms with Gasteiger partial charge >= 0.3 is 6.18 Å². The molecule has 1 aromatic carbocycles. The van der Waals surface area contributed by atoms with Gasteiger partial charge in [-0.25, -0.2) is 19.9 Å². The highest BCUT2D eigenvalue weighted by atomic mass is 19.4. The number of alkyl halides is 3. The van der Waals surface area contributed by atoms with Crippen LogP contribution in [0.15, 0.2) is 48.8 Å². The van der Waals surface area contributed by atoms with Crippen LogP contribution in [0.5, 0.6) is 5.75 Å². The first-order valence-corrected chi connectivity index (χ1v) is 13.1. The van der Waals surface area contributed by atoms with Crippen molar-refractivity contribution >= 4 is 17.7 Å². The maximum absolute atomic E-state index is 13.1. The molecule has 1 aliphatic rings. The monoisotopic (exact) mass is 582 g/mol. The molecule has 11 nitrogen and oxygen atoms in total. The minimum absolute atomic E-state index is 0.0205. The van der Waals surface area contributed by atoms with Gasteiger partial charge in [0.25, 0.3) is 0 Å². The van der Waals surface area contributed by atoms with Crippen LogP contribution in [-0.4, -0.2) is 75.7 Å². The van der Waals surface area contributed by atoms with Crippen molar-refractivity contribution in [3.8, 4) is 39.8 Å². The molecule has 1 fully saturated rings. The Morgan fingerprint density at radius 3 is 2.64 bits per heavy atom. The van der Waals surface area contributed by atoms with Gasteiger partial charge in [0, 0.05) is 49.8 Å². The van der Waals surface area contributed by atoms with E-state index in [1.54, 1.807) is 29.4 Å². The summed E-state index contributed by atoms with van der Waals surface area (Å²) in [4.78, 5) is 35.2. The fourth-order valence-corrected chi connectivity index (χ4v) is 4.76. The summed E-state index contributed by atoms with van der Waals surface area (Å²) in [6, 6.07) is 8.00. The Balaban J connectivity index is 1.49. The summed E-state index contributed by atoms with van der Waals surface area (Å²) in [6.07, 6.45) is 0.311. The summed E-state index contributed by atoms with van der Waals surface area (Å²) in [6.45, 7) is 1.16. The molecule has 1 atom stereocenters. The molecule has 4 aromatic rings. The van der Waals surface area contributed by atoms with Crippen LogP contribution in [0.3, 0.4) is 0 Å². The van der Waals surface area contributed by atoms with E-state index < -0.39 is 11.7 Å². The normalized spacial score (nSPS) is 15.5. The zero-order valence-electron chi connectivity index (χ0n) is 22.9. The number of hydrogen-bond donors (Lipinski definition) is 3. The topological polar surface area (TPSA) is 144 Å². The summed E-state index contributed by atoms with van der Waals surface area (Å²) in [5.41, 5.74) is 7.56. The molecule has 0 aliphatic carbocycles. The van der Waals surface area contributed by atoms with Crippen LogP contribution in [-0.2, 0) is 15.7 Å². The Morgan fingerprint density at radius 2 is 1.93 bits per heavy atom. The molecule has 220 valence electrons. The van der Waals surface area contributed by atoms with Gasteiger partial charge in [0.2, 0.25) is 11.9 Å². The molecule has 1 amide bonds. The molecule has 0 radical (unpaired) electrons. The number of benzene rings is 1. The van der Waals surface area contributed by atoms with E-state index in [0.717, 1.165) is 25.0 Å². The molecule has 1 aliphatic heterocycles. The lowest BCUT2D eigenvalue weighted by Gasteiger charge is -2.33. The first-order valence-electron chi connectivity index (χ1n) is 13.1. The Kier molecular flexibility index (Phi) is 8.24. The van der Waals surface area contributed by atoms with Crippen molar-refractivity contribution in [3.63, 3.8) is 0 Å². The van der Waals surface area contributed by atoms with Crippen LogP contribution in [0.25, 0.3) is 34.0 Å². The second-order valence-corrected chi connectivity index (χ2v) is 9.72. The van der Waals surface area contributed by atoms with E-state index in [9.17, 15) is 18.0 Å². The zero-order chi connectivity index (χ0) is 29.9. The van der Waals surface area contributed by atoms with E-state index in [4.69, 9.17) is 20.2 Å². The average molecular weight is 583 g/mol. The number of amides is 1. The number of aromatic nitrogens is 5. The fourth-order valence-electron chi connectivity index (χ4n) is 4.76. The van der Waals surface area contributed by atoms with Crippen LogP contribution < -0.4 is 15.8 Å². The van der Waals surface area contributed by atoms with Gasteiger partial charge in [0.05, 0.1) is 24.1 Å². The zero-order valence-corrected chi connectivity index (χ0v) is 22.9. The molecule has 5 rings (SSSR count). The van der Waals surface area contributed by atoms with Gasteiger partial charge in [-0.3, -0.25) is 4.79 Å². The number of nitrogens with one attached hydrogen (secondary N) is 2. The quantitative estimate of drug-likeness (QED) is 0.278. The lowest BCUT2D eigenvalue weighted by atomic mass is 10.1. The molecule has 1 saturated heterocycles. The minimum Gasteiger partial charge on any atom is -0.493 e. The van der Waals surface area contributed by atoms with Crippen LogP contribution in [0.1, 0.15) is 18.4 Å². The molecule has 4 N–H and O–H groups in total. The average Bonchev–Trinajstić information content (AvgIpc) is 3.43. The molecule has 0 bridgehead atoms. The van der Waals surface area contributed by atoms with Crippen molar-refractivity contribution in [1.82, 2.24) is 29.8 Å². The van der Waals surface area contributed by atoms with E-state index in [-0.39, 0.29) is 24.4 Å². The molecule has 42 heavy (non-hydrogen) atoms.